The quantitative estimate of drug-likeness (QED) is 0.763. The molecule has 2 rings (SSSR count). The Balaban J connectivity index is 2.35. The largest absolute Gasteiger partial charge is 0.507 e. The number of phenols is 1. The van der Waals surface area contributed by atoms with Gasteiger partial charge in [-0.1, -0.05) is 6.92 Å². The molecular formula is C16H20O2. The van der Waals surface area contributed by atoms with Crippen molar-refractivity contribution in [3.8, 4) is 5.75 Å². The van der Waals surface area contributed by atoms with E-state index >= 15 is 0 Å². The molecule has 1 N–H and O–H groups in total. The van der Waals surface area contributed by atoms with Crippen molar-refractivity contribution in [3.05, 3.63) is 34.4 Å². The number of ketones is 1. The maximum atomic E-state index is 12.0. The van der Waals surface area contributed by atoms with Crippen molar-refractivity contribution in [2.45, 2.75) is 40.0 Å². The molecule has 0 amide bonds. The number of aryl methyl sites for hydroxylation is 2. The Morgan fingerprint density at radius 1 is 1.28 bits per heavy atom. The van der Waals surface area contributed by atoms with Crippen LogP contribution in [-0.2, 0) is 4.79 Å². The SMILES string of the molecule is Cc1cc(/C=C2\CCC[C@H](C)C2=O)cc(C)c1O. The molecule has 1 aromatic carbocycles. The van der Waals surface area contributed by atoms with E-state index in [1.807, 2.05) is 39.0 Å². The highest BCUT2D eigenvalue weighted by Crippen LogP contribution is 2.29. The van der Waals surface area contributed by atoms with E-state index in [0.717, 1.165) is 41.5 Å². The number of carbonyl (C=O) groups is 1. The first-order chi connectivity index (χ1) is 8.49. The summed E-state index contributed by atoms with van der Waals surface area (Å²) in [6.45, 7) is 5.77. The van der Waals surface area contributed by atoms with Crippen molar-refractivity contribution in [1.82, 2.24) is 0 Å². The normalized spacial score (nSPS) is 22.5. The number of rotatable bonds is 1. The molecule has 1 fully saturated rings. The predicted molar refractivity (Wildman–Crippen MR) is 73.6 cm³/mol. The predicted octanol–water partition coefficient (Wildman–Crippen LogP) is 3.78. The fraction of sp³-hybridized carbons (Fsp3) is 0.438. The van der Waals surface area contributed by atoms with Gasteiger partial charge in [-0.15, -0.1) is 0 Å². The summed E-state index contributed by atoms with van der Waals surface area (Å²) < 4.78 is 0. The Bertz CT molecular complexity index is 489. The second kappa shape index (κ2) is 4.97. The van der Waals surface area contributed by atoms with Crippen LogP contribution in [0.3, 0.4) is 0 Å². The van der Waals surface area contributed by atoms with Crippen molar-refractivity contribution in [2.75, 3.05) is 0 Å². The lowest BCUT2D eigenvalue weighted by atomic mass is 9.84. The van der Waals surface area contributed by atoms with Crippen LogP contribution >= 0.6 is 0 Å². The van der Waals surface area contributed by atoms with Crippen molar-refractivity contribution < 1.29 is 9.90 Å². The number of Topliss-reactive ketones (excluding diaryl/α,β-unsaturated/α-hetero) is 1. The van der Waals surface area contributed by atoms with Crippen LogP contribution in [-0.4, -0.2) is 10.9 Å². The fourth-order valence-corrected chi connectivity index (χ4v) is 2.59. The molecule has 0 spiro atoms. The lowest BCUT2D eigenvalue weighted by Crippen LogP contribution is -2.18. The van der Waals surface area contributed by atoms with Gasteiger partial charge in [0.2, 0.25) is 0 Å². The van der Waals surface area contributed by atoms with Gasteiger partial charge >= 0.3 is 0 Å². The maximum Gasteiger partial charge on any atom is 0.161 e. The molecule has 1 aromatic rings. The minimum atomic E-state index is 0.157. The first-order valence-corrected chi connectivity index (χ1v) is 6.54. The molecule has 2 heteroatoms. The van der Waals surface area contributed by atoms with E-state index in [4.69, 9.17) is 0 Å². The number of hydrogen-bond donors (Lipinski definition) is 1. The molecule has 0 radical (unpaired) electrons. The number of hydrogen-bond acceptors (Lipinski definition) is 2. The van der Waals surface area contributed by atoms with Crippen LogP contribution in [0, 0.1) is 19.8 Å². The zero-order valence-electron chi connectivity index (χ0n) is 11.3. The lowest BCUT2D eigenvalue weighted by Gasteiger charge is -2.19. The summed E-state index contributed by atoms with van der Waals surface area (Å²) in [4.78, 5) is 12.0. The minimum Gasteiger partial charge on any atom is -0.507 e. The topological polar surface area (TPSA) is 37.3 Å². The number of benzene rings is 1. The number of aromatic hydroxyl groups is 1. The average Bonchev–Trinajstić information content (AvgIpc) is 2.32. The van der Waals surface area contributed by atoms with Gasteiger partial charge in [-0.3, -0.25) is 4.79 Å². The summed E-state index contributed by atoms with van der Waals surface area (Å²) in [6, 6.07) is 3.86. The van der Waals surface area contributed by atoms with Crippen LogP contribution in [0.5, 0.6) is 5.75 Å². The van der Waals surface area contributed by atoms with Crippen molar-refractivity contribution in [3.63, 3.8) is 0 Å². The third-order valence-corrected chi connectivity index (χ3v) is 3.70. The van der Waals surface area contributed by atoms with E-state index in [9.17, 15) is 9.90 Å². The molecule has 96 valence electrons. The van der Waals surface area contributed by atoms with Crippen LogP contribution in [0.1, 0.15) is 42.9 Å². The summed E-state index contributed by atoms with van der Waals surface area (Å²) in [7, 11) is 0. The van der Waals surface area contributed by atoms with E-state index in [1.54, 1.807) is 0 Å². The Morgan fingerprint density at radius 2 is 1.89 bits per heavy atom. The molecule has 0 saturated heterocycles. The van der Waals surface area contributed by atoms with E-state index in [2.05, 4.69) is 0 Å². The molecule has 0 aromatic heterocycles. The molecule has 0 unspecified atom stereocenters. The van der Waals surface area contributed by atoms with E-state index in [-0.39, 0.29) is 11.7 Å². The van der Waals surface area contributed by atoms with E-state index in [1.165, 1.54) is 0 Å². The highest BCUT2D eigenvalue weighted by Gasteiger charge is 2.22. The zero-order valence-corrected chi connectivity index (χ0v) is 11.3. The monoisotopic (exact) mass is 244 g/mol. The van der Waals surface area contributed by atoms with Gasteiger partial charge in [0, 0.05) is 5.92 Å². The second-order valence-corrected chi connectivity index (χ2v) is 5.33. The third kappa shape index (κ3) is 2.47. The molecule has 0 bridgehead atoms. The number of allylic oxidation sites excluding steroid dienone is 1. The van der Waals surface area contributed by atoms with E-state index in [0.29, 0.717) is 5.75 Å². The third-order valence-electron chi connectivity index (χ3n) is 3.70. The van der Waals surface area contributed by atoms with Gasteiger partial charge in [0.05, 0.1) is 0 Å². The maximum absolute atomic E-state index is 12.0. The van der Waals surface area contributed by atoms with Gasteiger partial charge < -0.3 is 5.11 Å². The smallest absolute Gasteiger partial charge is 0.161 e. The summed E-state index contributed by atoms with van der Waals surface area (Å²) >= 11 is 0. The van der Waals surface area contributed by atoms with Gasteiger partial charge in [-0.05, 0) is 73.6 Å². The summed E-state index contributed by atoms with van der Waals surface area (Å²) in [5.41, 5.74) is 3.66. The molecule has 18 heavy (non-hydrogen) atoms. The number of carbonyl (C=O) groups excluding carboxylic acids is 1. The number of phenolic OH excluding ortho intramolecular Hbond substituents is 1. The molecule has 2 nitrogen and oxygen atoms in total. The van der Waals surface area contributed by atoms with Crippen LogP contribution in [0.4, 0.5) is 0 Å². The molecule has 0 aliphatic heterocycles. The van der Waals surface area contributed by atoms with Crippen LogP contribution in [0.25, 0.3) is 6.08 Å². The van der Waals surface area contributed by atoms with Crippen LogP contribution in [0.15, 0.2) is 17.7 Å². The highest BCUT2D eigenvalue weighted by atomic mass is 16.3. The molecule has 1 aliphatic rings. The second-order valence-electron chi connectivity index (χ2n) is 5.33. The summed E-state index contributed by atoms with van der Waals surface area (Å²) in [5.74, 6) is 0.787. The molecular weight excluding hydrogens is 224 g/mol. The van der Waals surface area contributed by atoms with Gasteiger partial charge in [-0.25, -0.2) is 0 Å². The van der Waals surface area contributed by atoms with Crippen molar-refractivity contribution in [2.24, 2.45) is 5.92 Å². The summed E-state index contributed by atoms with van der Waals surface area (Å²) in [6.07, 6.45) is 4.96. The van der Waals surface area contributed by atoms with Crippen molar-refractivity contribution >= 4 is 11.9 Å². The zero-order chi connectivity index (χ0) is 13.3. The van der Waals surface area contributed by atoms with Gasteiger partial charge in [0.25, 0.3) is 0 Å². The van der Waals surface area contributed by atoms with Crippen LogP contribution < -0.4 is 0 Å². The van der Waals surface area contributed by atoms with Crippen molar-refractivity contribution in [1.29, 1.82) is 0 Å². The highest BCUT2D eigenvalue weighted by molar-refractivity contribution is 6.01. The first kappa shape index (κ1) is 12.9. The average molecular weight is 244 g/mol. The van der Waals surface area contributed by atoms with Gasteiger partial charge in [-0.2, -0.15) is 0 Å². The standard InChI is InChI=1S/C16H20O2/c1-10-5-4-6-14(16(10)18)9-13-7-11(2)15(17)12(3)8-13/h7-10,17H,4-6H2,1-3H3/b14-9+/t10-/m0/s1. The molecule has 0 heterocycles. The molecule has 1 aliphatic carbocycles. The summed E-state index contributed by atoms with van der Waals surface area (Å²) in [5, 5.41) is 9.74. The minimum absolute atomic E-state index is 0.157. The lowest BCUT2D eigenvalue weighted by molar-refractivity contribution is -0.119. The Hall–Kier alpha value is -1.57. The Kier molecular flexibility index (Phi) is 3.55. The Morgan fingerprint density at radius 3 is 2.50 bits per heavy atom. The van der Waals surface area contributed by atoms with Gasteiger partial charge in [0.15, 0.2) is 5.78 Å². The van der Waals surface area contributed by atoms with Gasteiger partial charge in [0.1, 0.15) is 5.75 Å². The van der Waals surface area contributed by atoms with Crippen LogP contribution in [0.2, 0.25) is 0 Å². The van der Waals surface area contributed by atoms with E-state index < -0.39 is 0 Å². The molecule has 1 saturated carbocycles. The molecule has 1 atom stereocenters. The fourth-order valence-electron chi connectivity index (χ4n) is 2.59. The Labute approximate surface area is 108 Å². The first-order valence-electron chi connectivity index (χ1n) is 6.54.